The van der Waals surface area contributed by atoms with E-state index in [1.165, 1.54) is 0 Å². The van der Waals surface area contributed by atoms with Gasteiger partial charge in [-0.05, 0) is 24.1 Å². The van der Waals surface area contributed by atoms with Crippen molar-refractivity contribution in [2.45, 2.75) is 19.0 Å². The van der Waals surface area contributed by atoms with Crippen LogP contribution in [0.4, 0.5) is 4.79 Å². The molecule has 0 bridgehead atoms. The second-order valence-electron chi connectivity index (χ2n) is 6.93. The van der Waals surface area contributed by atoms with E-state index in [0.717, 1.165) is 24.4 Å². The van der Waals surface area contributed by atoms with Gasteiger partial charge >= 0.3 is 6.03 Å². The Morgan fingerprint density at radius 2 is 1.92 bits per heavy atom. The number of sulfone groups is 1. The van der Waals surface area contributed by atoms with Gasteiger partial charge in [0.25, 0.3) is 0 Å². The van der Waals surface area contributed by atoms with Crippen molar-refractivity contribution in [2.24, 2.45) is 0 Å². The van der Waals surface area contributed by atoms with E-state index < -0.39 is 9.84 Å². The van der Waals surface area contributed by atoms with Gasteiger partial charge in [-0.2, -0.15) is 0 Å². The Kier molecular flexibility index (Phi) is 4.66. The van der Waals surface area contributed by atoms with E-state index >= 15 is 0 Å². The predicted molar refractivity (Wildman–Crippen MR) is 95.0 cm³/mol. The fourth-order valence-electron chi connectivity index (χ4n) is 3.69. The van der Waals surface area contributed by atoms with E-state index in [4.69, 9.17) is 9.47 Å². The van der Waals surface area contributed by atoms with Crippen LogP contribution in [0.5, 0.6) is 11.5 Å². The van der Waals surface area contributed by atoms with Crippen LogP contribution in [0.15, 0.2) is 18.2 Å². The molecule has 9 heteroatoms. The van der Waals surface area contributed by atoms with Crippen LogP contribution < -0.4 is 14.8 Å². The summed E-state index contributed by atoms with van der Waals surface area (Å²) in [6, 6.07) is 5.64. The maximum absolute atomic E-state index is 12.4. The molecular formula is C17H23N3O5S. The molecule has 3 aliphatic heterocycles. The zero-order chi connectivity index (χ0) is 18.1. The van der Waals surface area contributed by atoms with Crippen LogP contribution in [0, 0.1) is 0 Å². The summed E-state index contributed by atoms with van der Waals surface area (Å²) in [6.07, 6.45) is 0.707. The number of amides is 2. The topological polar surface area (TPSA) is 88.2 Å². The molecule has 1 aromatic carbocycles. The molecule has 8 nitrogen and oxygen atoms in total. The Bertz CT molecular complexity index is 790. The van der Waals surface area contributed by atoms with Crippen molar-refractivity contribution < 1.29 is 22.7 Å². The molecule has 2 fully saturated rings. The number of piperazine rings is 1. The van der Waals surface area contributed by atoms with Gasteiger partial charge in [0.05, 0.1) is 11.5 Å². The lowest BCUT2D eigenvalue weighted by atomic mass is 10.2. The molecular weight excluding hydrogens is 358 g/mol. The van der Waals surface area contributed by atoms with Crippen LogP contribution in [0.25, 0.3) is 0 Å². The fourth-order valence-corrected chi connectivity index (χ4v) is 5.46. The summed E-state index contributed by atoms with van der Waals surface area (Å²) in [6.45, 7) is 3.33. The maximum Gasteiger partial charge on any atom is 0.317 e. The predicted octanol–water partition coefficient (Wildman–Crippen LogP) is 0.430. The molecule has 0 aromatic heterocycles. The summed E-state index contributed by atoms with van der Waals surface area (Å²) in [5.74, 6) is 1.97. The molecule has 3 heterocycles. The normalized spacial score (nSPS) is 24.6. The molecule has 2 saturated heterocycles. The van der Waals surface area contributed by atoms with Crippen molar-refractivity contribution in [2.75, 3.05) is 44.5 Å². The first kappa shape index (κ1) is 17.4. The van der Waals surface area contributed by atoms with Crippen LogP contribution >= 0.6 is 0 Å². The molecule has 1 N–H and O–H groups in total. The second kappa shape index (κ2) is 6.96. The average molecular weight is 381 g/mol. The van der Waals surface area contributed by atoms with Gasteiger partial charge in [-0.1, -0.05) is 6.07 Å². The van der Waals surface area contributed by atoms with E-state index in [9.17, 15) is 13.2 Å². The second-order valence-corrected chi connectivity index (χ2v) is 9.15. The van der Waals surface area contributed by atoms with Crippen molar-refractivity contribution >= 4 is 15.9 Å². The van der Waals surface area contributed by atoms with E-state index in [0.29, 0.717) is 31.8 Å². The van der Waals surface area contributed by atoms with Crippen LogP contribution in [0.3, 0.4) is 0 Å². The Hall–Kier alpha value is -2.00. The van der Waals surface area contributed by atoms with Crippen LogP contribution in [-0.4, -0.2) is 74.8 Å². The third-order valence-electron chi connectivity index (χ3n) is 5.21. The summed E-state index contributed by atoms with van der Waals surface area (Å²) in [5.41, 5.74) is 0.956. The zero-order valence-corrected chi connectivity index (χ0v) is 15.3. The first-order chi connectivity index (χ1) is 12.5. The van der Waals surface area contributed by atoms with Crippen molar-refractivity contribution in [1.82, 2.24) is 15.1 Å². The molecule has 26 heavy (non-hydrogen) atoms. The Morgan fingerprint density at radius 1 is 1.15 bits per heavy atom. The van der Waals surface area contributed by atoms with Gasteiger partial charge in [-0.25, -0.2) is 13.2 Å². The van der Waals surface area contributed by atoms with Crippen molar-refractivity contribution in [3.8, 4) is 11.5 Å². The number of rotatable bonds is 3. The molecule has 0 radical (unpaired) electrons. The standard InChI is InChI=1S/C17H23N3O5S/c21-17(18-10-13-1-2-15-16(9-13)25-12-24-15)20-6-4-19(5-7-20)14-3-8-26(22,23)11-14/h1-2,9,14H,3-8,10-12H2,(H,18,21). The summed E-state index contributed by atoms with van der Waals surface area (Å²) in [7, 11) is -2.87. The highest BCUT2D eigenvalue weighted by atomic mass is 32.2. The monoisotopic (exact) mass is 381 g/mol. The van der Waals surface area contributed by atoms with Gasteiger partial charge < -0.3 is 19.7 Å². The minimum Gasteiger partial charge on any atom is -0.454 e. The van der Waals surface area contributed by atoms with E-state index in [2.05, 4.69) is 10.2 Å². The molecule has 4 rings (SSSR count). The number of hydrogen-bond acceptors (Lipinski definition) is 6. The molecule has 1 atom stereocenters. The number of hydrogen-bond donors (Lipinski definition) is 1. The van der Waals surface area contributed by atoms with Gasteiger partial charge in [0.15, 0.2) is 21.3 Å². The van der Waals surface area contributed by atoms with E-state index in [-0.39, 0.29) is 30.4 Å². The highest BCUT2D eigenvalue weighted by Gasteiger charge is 2.34. The van der Waals surface area contributed by atoms with Gasteiger partial charge in [-0.15, -0.1) is 0 Å². The van der Waals surface area contributed by atoms with E-state index in [1.54, 1.807) is 4.90 Å². The van der Waals surface area contributed by atoms with Gasteiger partial charge in [0.1, 0.15) is 0 Å². The smallest absolute Gasteiger partial charge is 0.317 e. The van der Waals surface area contributed by atoms with Gasteiger partial charge in [0, 0.05) is 38.8 Å². The third kappa shape index (κ3) is 3.73. The first-order valence-corrected chi connectivity index (χ1v) is 10.7. The molecule has 0 spiro atoms. The molecule has 2 amide bonds. The number of nitrogens with one attached hydrogen (secondary N) is 1. The third-order valence-corrected chi connectivity index (χ3v) is 6.96. The molecule has 142 valence electrons. The van der Waals surface area contributed by atoms with E-state index in [1.807, 2.05) is 18.2 Å². The highest BCUT2D eigenvalue weighted by Crippen LogP contribution is 2.32. The molecule has 3 aliphatic rings. The van der Waals surface area contributed by atoms with Gasteiger partial charge in [-0.3, -0.25) is 4.90 Å². The summed E-state index contributed by atoms with van der Waals surface area (Å²) in [4.78, 5) is 16.4. The summed E-state index contributed by atoms with van der Waals surface area (Å²) >= 11 is 0. The number of fused-ring (bicyclic) bond motifs is 1. The first-order valence-electron chi connectivity index (χ1n) is 8.86. The number of benzene rings is 1. The average Bonchev–Trinajstić information content (AvgIpc) is 3.25. The number of carbonyl (C=O) groups excluding carboxylic acids is 1. The lowest BCUT2D eigenvalue weighted by Crippen LogP contribution is -2.54. The Labute approximate surface area is 153 Å². The lowest BCUT2D eigenvalue weighted by Gasteiger charge is -2.37. The number of urea groups is 1. The molecule has 1 aromatic rings. The Balaban J connectivity index is 1.25. The highest BCUT2D eigenvalue weighted by molar-refractivity contribution is 7.91. The number of nitrogens with zero attached hydrogens (tertiary/aromatic N) is 2. The van der Waals surface area contributed by atoms with Crippen LogP contribution in [0.2, 0.25) is 0 Å². The van der Waals surface area contributed by atoms with Crippen LogP contribution in [0.1, 0.15) is 12.0 Å². The maximum atomic E-state index is 12.4. The quantitative estimate of drug-likeness (QED) is 0.817. The Morgan fingerprint density at radius 3 is 2.65 bits per heavy atom. The van der Waals surface area contributed by atoms with Crippen molar-refractivity contribution in [1.29, 1.82) is 0 Å². The number of ether oxygens (including phenoxy) is 2. The SMILES string of the molecule is O=C(NCc1ccc2c(c1)OCO2)N1CCN(C2CCS(=O)(=O)C2)CC1. The van der Waals surface area contributed by atoms with Crippen molar-refractivity contribution in [3.63, 3.8) is 0 Å². The molecule has 0 aliphatic carbocycles. The largest absolute Gasteiger partial charge is 0.454 e. The molecule has 0 saturated carbocycles. The lowest BCUT2D eigenvalue weighted by molar-refractivity contribution is 0.115. The summed E-state index contributed by atoms with van der Waals surface area (Å²) < 4.78 is 33.9. The minimum absolute atomic E-state index is 0.0960. The van der Waals surface area contributed by atoms with Gasteiger partial charge in [0.2, 0.25) is 6.79 Å². The zero-order valence-electron chi connectivity index (χ0n) is 14.5. The number of carbonyl (C=O) groups is 1. The minimum atomic E-state index is -2.87. The van der Waals surface area contributed by atoms with Crippen molar-refractivity contribution in [3.05, 3.63) is 23.8 Å². The summed E-state index contributed by atoms with van der Waals surface area (Å²) in [5, 5.41) is 2.93. The van der Waals surface area contributed by atoms with Crippen LogP contribution in [-0.2, 0) is 16.4 Å². The fraction of sp³-hybridized carbons (Fsp3) is 0.588. The molecule has 1 unspecified atom stereocenters.